The summed E-state index contributed by atoms with van der Waals surface area (Å²) in [6.07, 6.45) is 1.81. The van der Waals surface area contributed by atoms with Crippen LogP contribution in [-0.4, -0.2) is 9.97 Å². The molecule has 0 saturated carbocycles. The predicted octanol–water partition coefficient (Wildman–Crippen LogP) is 3.87. The molecule has 0 aliphatic carbocycles. The number of nitrogens with zero attached hydrogens (tertiary/aromatic N) is 2. The first kappa shape index (κ1) is 10.2. The fourth-order valence-electron chi connectivity index (χ4n) is 1.73. The maximum absolute atomic E-state index is 4.44. The van der Waals surface area contributed by atoms with Gasteiger partial charge in [-0.25, -0.2) is 4.98 Å². The van der Waals surface area contributed by atoms with Crippen molar-refractivity contribution in [1.82, 2.24) is 9.97 Å². The van der Waals surface area contributed by atoms with E-state index in [0.29, 0.717) is 0 Å². The van der Waals surface area contributed by atoms with Crippen LogP contribution in [-0.2, 0) is 0 Å². The van der Waals surface area contributed by atoms with E-state index in [9.17, 15) is 0 Å². The van der Waals surface area contributed by atoms with E-state index >= 15 is 0 Å². The second-order valence-electron chi connectivity index (χ2n) is 3.61. The first-order valence-electron chi connectivity index (χ1n) is 5.35. The minimum atomic E-state index is 0.980. The van der Waals surface area contributed by atoms with Crippen LogP contribution in [0.25, 0.3) is 21.8 Å². The standard InChI is InChI=1S/C14H10N2S/c1-2-6-11(7-3-1)13-14(17-10-16-13)12-8-4-5-9-15-12/h1-10H. The Morgan fingerprint density at radius 2 is 1.65 bits per heavy atom. The molecule has 2 nitrogen and oxygen atoms in total. The van der Waals surface area contributed by atoms with Crippen LogP contribution in [0.15, 0.2) is 60.2 Å². The number of thiazole rings is 1. The summed E-state index contributed by atoms with van der Waals surface area (Å²) in [5, 5.41) is 0. The number of hydrogen-bond donors (Lipinski definition) is 0. The van der Waals surface area contributed by atoms with E-state index in [-0.39, 0.29) is 0 Å². The van der Waals surface area contributed by atoms with E-state index in [4.69, 9.17) is 0 Å². The van der Waals surface area contributed by atoms with Gasteiger partial charge in [0.05, 0.1) is 21.8 Å². The third kappa shape index (κ3) is 1.97. The number of hydrogen-bond acceptors (Lipinski definition) is 3. The average molecular weight is 238 g/mol. The van der Waals surface area contributed by atoms with Gasteiger partial charge in [-0.15, -0.1) is 11.3 Å². The van der Waals surface area contributed by atoms with Crippen molar-refractivity contribution in [3.05, 3.63) is 60.2 Å². The Morgan fingerprint density at radius 1 is 0.824 bits per heavy atom. The minimum Gasteiger partial charge on any atom is -0.255 e. The van der Waals surface area contributed by atoms with Crippen LogP contribution < -0.4 is 0 Å². The van der Waals surface area contributed by atoms with E-state index in [1.807, 2.05) is 48.1 Å². The lowest BCUT2D eigenvalue weighted by molar-refractivity contribution is 1.33. The molecule has 1 aromatic carbocycles. The first-order valence-corrected chi connectivity index (χ1v) is 6.23. The van der Waals surface area contributed by atoms with Crippen LogP contribution in [0.5, 0.6) is 0 Å². The number of rotatable bonds is 2. The molecule has 0 radical (unpaired) electrons. The summed E-state index contributed by atoms with van der Waals surface area (Å²) in [5.41, 5.74) is 4.99. The molecule has 17 heavy (non-hydrogen) atoms. The summed E-state index contributed by atoms with van der Waals surface area (Å²) in [6.45, 7) is 0. The molecule has 0 N–H and O–H groups in total. The Labute approximate surface area is 104 Å². The second-order valence-corrected chi connectivity index (χ2v) is 4.47. The molecule has 3 aromatic rings. The lowest BCUT2D eigenvalue weighted by Gasteiger charge is -2.01. The van der Waals surface area contributed by atoms with Crippen LogP contribution in [0.4, 0.5) is 0 Å². The fraction of sp³-hybridized carbons (Fsp3) is 0. The lowest BCUT2D eigenvalue weighted by Crippen LogP contribution is -1.83. The molecule has 3 heteroatoms. The van der Waals surface area contributed by atoms with Crippen molar-refractivity contribution in [2.75, 3.05) is 0 Å². The molecule has 0 unspecified atom stereocenters. The van der Waals surface area contributed by atoms with E-state index in [1.54, 1.807) is 11.3 Å². The molecule has 0 aliphatic rings. The van der Waals surface area contributed by atoms with Crippen LogP contribution in [0.3, 0.4) is 0 Å². The predicted molar refractivity (Wildman–Crippen MR) is 70.8 cm³/mol. The van der Waals surface area contributed by atoms with Gasteiger partial charge in [0.2, 0.25) is 0 Å². The molecule has 82 valence electrons. The molecule has 0 atom stereocenters. The van der Waals surface area contributed by atoms with Crippen LogP contribution in [0.2, 0.25) is 0 Å². The summed E-state index contributed by atoms with van der Waals surface area (Å²) in [6, 6.07) is 16.1. The molecule has 0 aliphatic heterocycles. The van der Waals surface area contributed by atoms with Crippen molar-refractivity contribution in [2.45, 2.75) is 0 Å². The van der Waals surface area contributed by atoms with Gasteiger partial charge in [-0.05, 0) is 12.1 Å². The fourth-order valence-corrected chi connectivity index (χ4v) is 2.51. The highest BCUT2D eigenvalue weighted by Gasteiger charge is 2.10. The van der Waals surface area contributed by atoms with Gasteiger partial charge in [0, 0.05) is 11.8 Å². The highest BCUT2D eigenvalue weighted by atomic mass is 32.1. The lowest BCUT2D eigenvalue weighted by atomic mass is 10.1. The Bertz CT molecular complexity index is 548. The van der Waals surface area contributed by atoms with Crippen molar-refractivity contribution in [3.8, 4) is 21.8 Å². The Balaban J connectivity index is 2.13. The van der Waals surface area contributed by atoms with Gasteiger partial charge in [-0.2, -0.15) is 0 Å². The SMILES string of the molecule is c1ccc(-c2ncsc2-c2ccccn2)cc1. The van der Waals surface area contributed by atoms with Gasteiger partial charge in [-0.3, -0.25) is 4.98 Å². The molecule has 2 heterocycles. The Kier molecular flexibility index (Phi) is 2.68. The van der Waals surface area contributed by atoms with E-state index in [0.717, 1.165) is 21.8 Å². The van der Waals surface area contributed by atoms with Crippen molar-refractivity contribution in [1.29, 1.82) is 0 Å². The van der Waals surface area contributed by atoms with Crippen LogP contribution in [0, 0.1) is 0 Å². The van der Waals surface area contributed by atoms with Crippen molar-refractivity contribution in [3.63, 3.8) is 0 Å². The highest BCUT2D eigenvalue weighted by molar-refractivity contribution is 7.13. The molecule has 0 amide bonds. The zero-order chi connectivity index (χ0) is 11.5. The molecule has 0 saturated heterocycles. The molecule has 3 rings (SSSR count). The zero-order valence-corrected chi connectivity index (χ0v) is 9.89. The molecule has 2 aromatic heterocycles. The van der Waals surface area contributed by atoms with Gasteiger partial charge in [-0.1, -0.05) is 36.4 Å². The van der Waals surface area contributed by atoms with Crippen molar-refractivity contribution >= 4 is 11.3 Å². The topological polar surface area (TPSA) is 25.8 Å². The Hall–Kier alpha value is -2.00. The largest absolute Gasteiger partial charge is 0.255 e. The zero-order valence-electron chi connectivity index (χ0n) is 9.08. The summed E-state index contributed by atoms with van der Waals surface area (Å²) in [7, 11) is 0. The van der Waals surface area contributed by atoms with Crippen molar-refractivity contribution in [2.24, 2.45) is 0 Å². The molecule has 0 fully saturated rings. The summed E-state index contributed by atoms with van der Waals surface area (Å²) >= 11 is 1.62. The first-order chi connectivity index (χ1) is 8.45. The van der Waals surface area contributed by atoms with Crippen LogP contribution >= 0.6 is 11.3 Å². The maximum Gasteiger partial charge on any atom is 0.0906 e. The molecular weight excluding hydrogens is 228 g/mol. The van der Waals surface area contributed by atoms with Gasteiger partial charge < -0.3 is 0 Å². The van der Waals surface area contributed by atoms with Gasteiger partial charge >= 0.3 is 0 Å². The van der Waals surface area contributed by atoms with Gasteiger partial charge in [0.1, 0.15) is 0 Å². The maximum atomic E-state index is 4.44. The average Bonchev–Trinajstić information content (AvgIpc) is 2.90. The third-order valence-corrected chi connectivity index (χ3v) is 3.36. The monoisotopic (exact) mass is 238 g/mol. The summed E-state index contributed by atoms with van der Waals surface area (Å²) in [4.78, 5) is 9.94. The third-order valence-electron chi connectivity index (χ3n) is 2.51. The second kappa shape index (κ2) is 4.47. The summed E-state index contributed by atoms with van der Waals surface area (Å²) in [5.74, 6) is 0. The number of aromatic nitrogens is 2. The number of pyridine rings is 1. The van der Waals surface area contributed by atoms with E-state index < -0.39 is 0 Å². The molecular formula is C14H10N2S. The van der Waals surface area contributed by atoms with Crippen LogP contribution in [0.1, 0.15) is 0 Å². The van der Waals surface area contributed by atoms with E-state index in [1.165, 1.54) is 0 Å². The van der Waals surface area contributed by atoms with Crippen molar-refractivity contribution < 1.29 is 0 Å². The van der Waals surface area contributed by atoms with Gasteiger partial charge in [0.15, 0.2) is 0 Å². The Morgan fingerprint density at radius 3 is 2.41 bits per heavy atom. The minimum absolute atomic E-state index is 0.980. The van der Waals surface area contributed by atoms with Gasteiger partial charge in [0.25, 0.3) is 0 Å². The molecule has 0 spiro atoms. The van der Waals surface area contributed by atoms with E-state index in [2.05, 4.69) is 22.1 Å². The summed E-state index contributed by atoms with van der Waals surface area (Å²) < 4.78 is 0. The smallest absolute Gasteiger partial charge is 0.0906 e. The number of benzene rings is 1. The quantitative estimate of drug-likeness (QED) is 0.677. The highest BCUT2D eigenvalue weighted by Crippen LogP contribution is 2.32. The normalized spacial score (nSPS) is 10.4. The molecule has 0 bridgehead atoms.